The minimum atomic E-state index is -1.06. The highest BCUT2D eigenvalue weighted by molar-refractivity contribution is 5.90. The Morgan fingerprint density at radius 1 is 0.944 bits per heavy atom. The van der Waals surface area contributed by atoms with Crippen LogP contribution in [0.2, 0.25) is 0 Å². The number of hydrogen-bond donors (Lipinski definition) is 5. The van der Waals surface area contributed by atoms with E-state index in [4.69, 9.17) is 0 Å². The Kier molecular flexibility index (Phi) is 10.6. The average molecular weight is 495 g/mol. The number of amides is 3. The van der Waals surface area contributed by atoms with Crippen LogP contribution in [0.4, 0.5) is 0 Å². The van der Waals surface area contributed by atoms with E-state index < -0.39 is 36.5 Å². The van der Waals surface area contributed by atoms with Crippen LogP contribution in [0.3, 0.4) is 0 Å². The molecule has 0 spiro atoms. The molecule has 0 saturated carbocycles. The zero-order valence-electron chi connectivity index (χ0n) is 20.2. The lowest BCUT2D eigenvalue weighted by atomic mass is 10.0. The molecule has 36 heavy (non-hydrogen) atoms. The molecule has 0 aromatic heterocycles. The van der Waals surface area contributed by atoms with Crippen LogP contribution in [0.5, 0.6) is 0 Å². The number of aliphatic hydroxyl groups excluding tert-OH is 1. The monoisotopic (exact) mass is 494 g/mol. The van der Waals surface area contributed by atoms with Crippen LogP contribution in [0.25, 0.3) is 0 Å². The standard InChI is InChI=1S/C27H34N4O5/c32-17-22(18-33)30-27(36)24(15-20-10-5-2-6-11-20)31-25(34)16-21(14-19-8-3-1-4-9-19)29-26(35)23-12-7-13-28-23/h1-6,8-11,17,21-24,28,33H,7,12-16,18H2,(H,29,35)(H,30,36)(H,31,34). The molecule has 1 fully saturated rings. The minimum Gasteiger partial charge on any atom is -0.394 e. The Bertz CT molecular complexity index is 996. The van der Waals surface area contributed by atoms with Crippen molar-refractivity contribution in [2.24, 2.45) is 0 Å². The summed E-state index contributed by atoms with van der Waals surface area (Å²) in [4.78, 5) is 49.8. The van der Waals surface area contributed by atoms with Crippen molar-refractivity contribution < 1.29 is 24.3 Å². The van der Waals surface area contributed by atoms with E-state index in [9.17, 15) is 24.3 Å². The summed E-state index contributed by atoms with van der Waals surface area (Å²) < 4.78 is 0. The molecule has 1 saturated heterocycles. The maximum absolute atomic E-state index is 13.1. The zero-order chi connectivity index (χ0) is 25.8. The fourth-order valence-electron chi connectivity index (χ4n) is 4.23. The number of rotatable bonds is 13. The lowest BCUT2D eigenvalue weighted by molar-refractivity contribution is -0.131. The molecule has 0 aliphatic carbocycles. The van der Waals surface area contributed by atoms with Gasteiger partial charge in [-0.1, -0.05) is 60.7 Å². The van der Waals surface area contributed by atoms with Gasteiger partial charge in [0.05, 0.1) is 12.6 Å². The van der Waals surface area contributed by atoms with Crippen LogP contribution in [0, 0.1) is 0 Å². The SMILES string of the molecule is O=CC(CO)NC(=O)C(Cc1ccccc1)NC(=O)CC(Cc1ccccc1)NC(=O)C1CCCN1. The number of aldehydes is 1. The Labute approximate surface area is 211 Å². The van der Waals surface area contributed by atoms with Crippen molar-refractivity contribution in [1.29, 1.82) is 0 Å². The van der Waals surface area contributed by atoms with Crippen LogP contribution in [-0.4, -0.2) is 66.4 Å². The molecule has 2 aromatic carbocycles. The van der Waals surface area contributed by atoms with E-state index in [0.29, 0.717) is 12.7 Å². The van der Waals surface area contributed by atoms with Gasteiger partial charge in [0.25, 0.3) is 0 Å². The summed E-state index contributed by atoms with van der Waals surface area (Å²) in [7, 11) is 0. The van der Waals surface area contributed by atoms with Gasteiger partial charge in [-0.05, 0) is 36.9 Å². The minimum absolute atomic E-state index is 0.0248. The van der Waals surface area contributed by atoms with Crippen LogP contribution in [0.15, 0.2) is 60.7 Å². The normalized spacial score (nSPS) is 17.4. The molecule has 9 nitrogen and oxygen atoms in total. The number of carbonyl (C=O) groups is 4. The fraction of sp³-hybridized carbons (Fsp3) is 0.407. The molecule has 1 heterocycles. The van der Waals surface area contributed by atoms with Crippen molar-refractivity contribution in [3.63, 3.8) is 0 Å². The van der Waals surface area contributed by atoms with Gasteiger partial charge >= 0.3 is 0 Å². The van der Waals surface area contributed by atoms with Gasteiger partial charge in [0, 0.05) is 18.9 Å². The van der Waals surface area contributed by atoms with Gasteiger partial charge in [-0.25, -0.2) is 0 Å². The molecule has 1 aliphatic heterocycles. The van der Waals surface area contributed by atoms with Crippen molar-refractivity contribution in [2.75, 3.05) is 13.2 Å². The first-order valence-electron chi connectivity index (χ1n) is 12.3. The quantitative estimate of drug-likeness (QED) is 0.254. The molecular weight excluding hydrogens is 460 g/mol. The molecule has 0 bridgehead atoms. The summed E-state index contributed by atoms with van der Waals surface area (Å²) in [5.41, 5.74) is 1.80. The molecule has 3 rings (SSSR count). The Morgan fingerprint density at radius 2 is 1.58 bits per heavy atom. The number of benzene rings is 2. The molecular formula is C27H34N4O5. The second-order valence-electron chi connectivity index (χ2n) is 8.99. The van der Waals surface area contributed by atoms with E-state index in [1.54, 1.807) is 0 Å². The lowest BCUT2D eigenvalue weighted by Crippen LogP contribution is -2.53. The highest BCUT2D eigenvalue weighted by atomic mass is 16.3. The van der Waals surface area contributed by atoms with Crippen molar-refractivity contribution >= 4 is 24.0 Å². The van der Waals surface area contributed by atoms with Crippen LogP contribution < -0.4 is 21.3 Å². The highest BCUT2D eigenvalue weighted by Gasteiger charge is 2.28. The summed E-state index contributed by atoms with van der Waals surface area (Å²) in [5.74, 6) is -1.12. The molecule has 9 heteroatoms. The van der Waals surface area contributed by atoms with Crippen molar-refractivity contribution in [1.82, 2.24) is 21.3 Å². The van der Waals surface area contributed by atoms with Gasteiger partial charge in [-0.2, -0.15) is 0 Å². The van der Waals surface area contributed by atoms with Crippen molar-refractivity contribution in [3.8, 4) is 0 Å². The predicted molar refractivity (Wildman–Crippen MR) is 135 cm³/mol. The smallest absolute Gasteiger partial charge is 0.243 e. The van der Waals surface area contributed by atoms with Gasteiger partial charge in [0.15, 0.2) is 0 Å². The third-order valence-corrected chi connectivity index (χ3v) is 6.10. The maximum atomic E-state index is 13.1. The second-order valence-corrected chi connectivity index (χ2v) is 8.99. The van der Waals surface area contributed by atoms with Crippen molar-refractivity contribution in [3.05, 3.63) is 71.8 Å². The number of nitrogens with one attached hydrogen (secondary N) is 4. The van der Waals surface area contributed by atoms with E-state index >= 15 is 0 Å². The topological polar surface area (TPSA) is 137 Å². The molecule has 3 amide bonds. The highest BCUT2D eigenvalue weighted by Crippen LogP contribution is 2.11. The maximum Gasteiger partial charge on any atom is 0.243 e. The van der Waals surface area contributed by atoms with E-state index in [-0.39, 0.29) is 24.8 Å². The predicted octanol–water partition coefficient (Wildman–Crippen LogP) is 0.260. The molecule has 5 N–H and O–H groups in total. The van der Waals surface area contributed by atoms with Crippen LogP contribution in [-0.2, 0) is 32.0 Å². The van der Waals surface area contributed by atoms with Gasteiger partial charge in [0.2, 0.25) is 17.7 Å². The molecule has 4 unspecified atom stereocenters. The van der Waals surface area contributed by atoms with E-state index in [0.717, 1.165) is 30.5 Å². The van der Waals surface area contributed by atoms with E-state index in [2.05, 4.69) is 21.3 Å². The fourth-order valence-corrected chi connectivity index (χ4v) is 4.23. The van der Waals surface area contributed by atoms with Crippen LogP contribution in [0.1, 0.15) is 30.4 Å². The summed E-state index contributed by atoms with van der Waals surface area (Å²) >= 11 is 0. The molecule has 192 valence electrons. The third kappa shape index (κ3) is 8.58. The van der Waals surface area contributed by atoms with Crippen molar-refractivity contribution in [2.45, 2.75) is 56.3 Å². The summed E-state index contributed by atoms with van der Waals surface area (Å²) in [6, 6.07) is 16.0. The first-order valence-corrected chi connectivity index (χ1v) is 12.3. The number of carbonyl (C=O) groups excluding carboxylic acids is 4. The van der Waals surface area contributed by atoms with E-state index in [1.807, 2.05) is 60.7 Å². The Balaban J connectivity index is 1.70. The van der Waals surface area contributed by atoms with Gasteiger partial charge in [-0.15, -0.1) is 0 Å². The summed E-state index contributed by atoms with van der Waals surface area (Å²) in [6.07, 6.45) is 2.76. The second kappa shape index (κ2) is 14.1. The van der Waals surface area contributed by atoms with E-state index in [1.165, 1.54) is 0 Å². The molecule has 4 atom stereocenters. The molecule has 1 aliphatic rings. The average Bonchev–Trinajstić information content (AvgIpc) is 3.43. The van der Waals surface area contributed by atoms with Gasteiger partial charge in [-0.3, -0.25) is 14.4 Å². The number of aliphatic hydroxyl groups is 1. The molecule has 2 aromatic rings. The Hall–Kier alpha value is -3.56. The largest absolute Gasteiger partial charge is 0.394 e. The Morgan fingerprint density at radius 3 is 2.14 bits per heavy atom. The first-order chi connectivity index (χ1) is 17.5. The summed E-state index contributed by atoms with van der Waals surface area (Å²) in [5, 5.41) is 20.7. The summed E-state index contributed by atoms with van der Waals surface area (Å²) in [6.45, 7) is 0.245. The van der Waals surface area contributed by atoms with Gasteiger partial charge < -0.3 is 31.2 Å². The molecule has 0 radical (unpaired) electrons. The third-order valence-electron chi connectivity index (χ3n) is 6.10. The number of hydrogen-bond acceptors (Lipinski definition) is 6. The van der Waals surface area contributed by atoms with Gasteiger partial charge in [0.1, 0.15) is 18.4 Å². The first kappa shape index (κ1) is 27.0. The van der Waals surface area contributed by atoms with Crippen LogP contribution >= 0.6 is 0 Å². The lowest BCUT2D eigenvalue weighted by Gasteiger charge is -2.24. The zero-order valence-corrected chi connectivity index (χ0v) is 20.2.